The summed E-state index contributed by atoms with van der Waals surface area (Å²) < 4.78 is 47.9. The molecule has 0 heterocycles. The molecule has 1 amide bonds. The monoisotopic (exact) mass is 419 g/mol. The van der Waals surface area contributed by atoms with Gasteiger partial charge in [-0.05, 0) is 30.0 Å². The SMILES string of the molecule is COCCCOc1cc(CC(NC(=O)O)C(C)C)ccc1C(=O)CCC(F)(F)F. The van der Waals surface area contributed by atoms with Crippen LogP contribution in [-0.4, -0.2) is 49.5 Å². The highest BCUT2D eigenvalue weighted by Crippen LogP contribution is 2.27. The minimum Gasteiger partial charge on any atom is -0.493 e. The van der Waals surface area contributed by atoms with Gasteiger partial charge in [-0.3, -0.25) is 4.79 Å². The molecule has 6 nitrogen and oxygen atoms in total. The predicted molar refractivity (Wildman–Crippen MR) is 102 cm³/mol. The lowest BCUT2D eigenvalue weighted by Crippen LogP contribution is -2.39. The van der Waals surface area contributed by atoms with E-state index in [0.717, 1.165) is 0 Å². The minimum absolute atomic E-state index is 0.0188. The summed E-state index contributed by atoms with van der Waals surface area (Å²) in [4.78, 5) is 23.3. The van der Waals surface area contributed by atoms with Crippen molar-refractivity contribution >= 4 is 11.9 Å². The normalized spacial score (nSPS) is 12.7. The lowest BCUT2D eigenvalue weighted by molar-refractivity contribution is -0.133. The highest BCUT2D eigenvalue weighted by molar-refractivity contribution is 5.98. The Morgan fingerprint density at radius 2 is 1.90 bits per heavy atom. The number of benzene rings is 1. The lowest BCUT2D eigenvalue weighted by atomic mass is 9.94. The van der Waals surface area contributed by atoms with Crippen LogP contribution in [0.15, 0.2) is 18.2 Å². The molecule has 0 fully saturated rings. The van der Waals surface area contributed by atoms with E-state index in [-0.39, 0.29) is 29.9 Å². The first-order chi connectivity index (χ1) is 13.5. The number of amides is 1. The molecule has 0 aliphatic carbocycles. The van der Waals surface area contributed by atoms with Crippen LogP contribution < -0.4 is 10.1 Å². The number of carboxylic acid groups (broad SMARTS) is 1. The molecule has 0 saturated carbocycles. The molecule has 0 saturated heterocycles. The summed E-state index contributed by atoms with van der Waals surface area (Å²) in [5.41, 5.74) is 0.800. The molecule has 9 heteroatoms. The summed E-state index contributed by atoms with van der Waals surface area (Å²) in [5, 5.41) is 11.4. The van der Waals surface area contributed by atoms with E-state index >= 15 is 0 Å². The molecule has 2 N–H and O–H groups in total. The second-order valence-corrected chi connectivity index (χ2v) is 7.07. The van der Waals surface area contributed by atoms with Gasteiger partial charge in [0, 0.05) is 32.6 Å². The van der Waals surface area contributed by atoms with E-state index in [0.29, 0.717) is 25.0 Å². The van der Waals surface area contributed by atoms with Crippen molar-refractivity contribution in [2.24, 2.45) is 5.92 Å². The zero-order valence-electron chi connectivity index (χ0n) is 16.8. The summed E-state index contributed by atoms with van der Waals surface area (Å²) in [5.74, 6) is -0.437. The van der Waals surface area contributed by atoms with Crippen molar-refractivity contribution in [2.45, 2.75) is 51.7 Å². The van der Waals surface area contributed by atoms with Gasteiger partial charge in [-0.15, -0.1) is 0 Å². The fourth-order valence-corrected chi connectivity index (χ4v) is 2.68. The number of carbonyl (C=O) groups is 2. The van der Waals surface area contributed by atoms with Crippen molar-refractivity contribution in [3.05, 3.63) is 29.3 Å². The molecule has 1 rings (SSSR count). The number of ketones is 1. The topological polar surface area (TPSA) is 84.9 Å². The summed E-state index contributed by atoms with van der Waals surface area (Å²) in [7, 11) is 1.54. The number of alkyl halides is 3. The Balaban J connectivity index is 3.03. The first-order valence-electron chi connectivity index (χ1n) is 9.37. The summed E-state index contributed by atoms with van der Waals surface area (Å²) in [6.07, 6.45) is -6.51. The van der Waals surface area contributed by atoms with E-state index in [2.05, 4.69) is 5.32 Å². The van der Waals surface area contributed by atoms with Crippen molar-refractivity contribution in [3.8, 4) is 5.75 Å². The van der Waals surface area contributed by atoms with Crippen LogP contribution >= 0.6 is 0 Å². The Labute approximate surface area is 168 Å². The van der Waals surface area contributed by atoms with Gasteiger partial charge < -0.3 is 19.9 Å². The van der Waals surface area contributed by atoms with Crippen molar-refractivity contribution in [2.75, 3.05) is 20.3 Å². The van der Waals surface area contributed by atoms with E-state index < -0.39 is 30.9 Å². The average molecular weight is 419 g/mol. The number of ether oxygens (including phenoxy) is 2. The standard InChI is InChI=1S/C20H28F3NO5/c1-13(2)16(24-19(26)27)11-14-5-6-15(17(25)7-8-20(21,22)23)18(12-14)29-10-4-9-28-3/h5-6,12-13,16,24H,4,7-11H2,1-3H3,(H,26,27). The molecule has 0 aliphatic heterocycles. The van der Waals surface area contributed by atoms with Gasteiger partial charge in [0.25, 0.3) is 0 Å². The summed E-state index contributed by atoms with van der Waals surface area (Å²) in [6, 6.07) is 4.28. The van der Waals surface area contributed by atoms with E-state index in [1.165, 1.54) is 13.2 Å². The molecule has 0 aromatic heterocycles. The molecule has 0 bridgehead atoms. The quantitative estimate of drug-likeness (QED) is 0.386. The first-order valence-corrected chi connectivity index (χ1v) is 9.37. The number of nitrogens with one attached hydrogen (secondary N) is 1. The van der Waals surface area contributed by atoms with Gasteiger partial charge in [0.1, 0.15) is 5.75 Å². The zero-order chi connectivity index (χ0) is 22.0. The maximum absolute atomic E-state index is 12.5. The van der Waals surface area contributed by atoms with Crippen LogP contribution in [-0.2, 0) is 11.2 Å². The van der Waals surface area contributed by atoms with Gasteiger partial charge in [0.05, 0.1) is 18.6 Å². The molecule has 0 aliphatic rings. The third-order valence-corrected chi connectivity index (χ3v) is 4.30. The van der Waals surface area contributed by atoms with Gasteiger partial charge in [-0.1, -0.05) is 19.9 Å². The fraction of sp³-hybridized carbons (Fsp3) is 0.600. The Bertz CT molecular complexity index is 677. The van der Waals surface area contributed by atoms with Crippen LogP contribution in [0.3, 0.4) is 0 Å². The number of halogens is 3. The summed E-state index contributed by atoms with van der Waals surface area (Å²) in [6.45, 7) is 4.42. The van der Waals surface area contributed by atoms with Crippen molar-refractivity contribution in [1.82, 2.24) is 5.32 Å². The highest BCUT2D eigenvalue weighted by atomic mass is 19.4. The van der Waals surface area contributed by atoms with Gasteiger partial charge >= 0.3 is 12.3 Å². The van der Waals surface area contributed by atoms with Crippen LogP contribution in [0.25, 0.3) is 0 Å². The van der Waals surface area contributed by atoms with Crippen LogP contribution in [0.4, 0.5) is 18.0 Å². The lowest BCUT2D eigenvalue weighted by Gasteiger charge is -2.21. The van der Waals surface area contributed by atoms with E-state index in [1.807, 2.05) is 13.8 Å². The van der Waals surface area contributed by atoms with Crippen LogP contribution in [0.2, 0.25) is 0 Å². The molecule has 0 radical (unpaired) electrons. The molecule has 1 aromatic carbocycles. The predicted octanol–water partition coefficient (Wildman–Crippen LogP) is 4.46. The minimum atomic E-state index is -4.41. The number of hydrogen-bond acceptors (Lipinski definition) is 4. The van der Waals surface area contributed by atoms with Gasteiger partial charge in [0.15, 0.2) is 5.78 Å². The van der Waals surface area contributed by atoms with Crippen molar-refractivity contribution in [3.63, 3.8) is 0 Å². The van der Waals surface area contributed by atoms with Crippen molar-refractivity contribution in [1.29, 1.82) is 0 Å². The molecule has 1 aromatic rings. The number of rotatable bonds is 12. The largest absolute Gasteiger partial charge is 0.493 e. The molecule has 29 heavy (non-hydrogen) atoms. The molecular formula is C20H28F3NO5. The van der Waals surface area contributed by atoms with E-state index in [1.54, 1.807) is 12.1 Å². The maximum atomic E-state index is 12.5. The fourth-order valence-electron chi connectivity index (χ4n) is 2.68. The van der Waals surface area contributed by atoms with E-state index in [4.69, 9.17) is 14.6 Å². The number of Topliss-reactive ketones (excluding diaryl/α,β-unsaturated/α-hetero) is 1. The Morgan fingerprint density at radius 1 is 1.21 bits per heavy atom. The Hall–Kier alpha value is -2.29. The third-order valence-electron chi connectivity index (χ3n) is 4.30. The highest BCUT2D eigenvalue weighted by Gasteiger charge is 2.29. The van der Waals surface area contributed by atoms with Crippen LogP contribution in [0.1, 0.15) is 49.0 Å². The number of carbonyl (C=O) groups excluding carboxylic acids is 1. The average Bonchev–Trinajstić information content (AvgIpc) is 2.62. The maximum Gasteiger partial charge on any atom is 0.404 e. The zero-order valence-corrected chi connectivity index (χ0v) is 16.8. The van der Waals surface area contributed by atoms with Gasteiger partial charge in [0.2, 0.25) is 0 Å². The number of methoxy groups -OCH3 is 1. The second-order valence-electron chi connectivity index (χ2n) is 7.07. The van der Waals surface area contributed by atoms with Crippen molar-refractivity contribution < 1.29 is 37.3 Å². The molecule has 164 valence electrons. The van der Waals surface area contributed by atoms with Crippen LogP contribution in [0.5, 0.6) is 5.75 Å². The number of hydrogen-bond donors (Lipinski definition) is 2. The molecular weight excluding hydrogens is 391 g/mol. The summed E-state index contributed by atoms with van der Waals surface area (Å²) >= 11 is 0. The second kappa shape index (κ2) is 11.6. The third kappa shape index (κ3) is 9.65. The first kappa shape index (κ1) is 24.7. The van der Waals surface area contributed by atoms with Crippen LogP contribution in [0, 0.1) is 5.92 Å². The molecule has 1 atom stereocenters. The Morgan fingerprint density at radius 3 is 2.45 bits per heavy atom. The molecule has 1 unspecified atom stereocenters. The molecule has 0 spiro atoms. The Kier molecular flexibility index (Phi) is 9.94. The van der Waals surface area contributed by atoms with E-state index in [9.17, 15) is 22.8 Å². The van der Waals surface area contributed by atoms with Gasteiger partial charge in [-0.2, -0.15) is 13.2 Å². The smallest absolute Gasteiger partial charge is 0.404 e. The van der Waals surface area contributed by atoms with Gasteiger partial charge in [-0.25, -0.2) is 4.79 Å².